The van der Waals surface area contributed by atoms with Crippen LogP contribution in [0.2, 0.25) is 0 Å². The third-order valence-corrected chi connectivity index (χ3v) is 5.87. The lowest BCUT2D eigenvalue weighted by Gasteiger charge is -2.34. The molecule has 1 aromatic rings. The van der Waals surface area contributed by atoms with Crippen molar-refractivity contribution in [1.82, 2.24) is 5.32 Å². The molecule has 3 unspecified atom stereocenters. The maximum absolute atomic E-state index is 3.95. The number of nitrogens with one attached hydrogen (secondary N) is 1. The molecule has 0 aromatic heterocycles. The van der Waals surface area contributed by atoms with Crippen molar-refractivity contribution in [3.05, 3.63) is 35.4 Å². The Morgan fingerprint density at radius 2 is 1.89 bits per heavy atom. The molecule has 0 saturated heterocycles. The SMILES string of the molecule is CSC1CCCC(NC2CCc3ccccc3C2)C1. The number of hydrogen-bond donors (Lipinski definition) is 1. The van der Waals surface area contributed by atoms with Crippen molar-refractivity contribution in [3.8, 4) is 0 Å². The van der Waals surface area contributed by atoms with E-state index in [0.29, 0.717) is 6.04 Å². The number of fused-ring (bicyclic) bond motifs is 1. The fourth-order valence-corrected chi connectivity index (χ4v) is 4.51. The van der Waals surface area contributed by atoms with E-state index in [1.807, 2.05) is 0 Å². The molecule has 0 radical (unpaired) electrons. The summed E-state index contributed by atoms with van der Waals surface area (Å²) in [5.74, 6) is 0. The van der Waals surface area contributed by atoms with Gasteiger partial charge in [-0.25, -0.2) is 0 Å². The normalized spacial score (nSPS) is 30.9. The number of benzene rings is 1. The molecule has 0 heterocycles. The van der Waals surface area contributed by atoms with Crippen LogP contribution in [0.25, 0.3) is 0 Å². The van der Waals surface area contributed by atoms with E-state index in [2.05, 4.69) is 47.6 Å². The van der Waals surface area contributed by atoms with Gasteiger partial charge in [0.25, 0.3) is 0 Å². The van der Waals surface area contributed by atoms with Crippen molar-refractivity contribution in [1.29, 1.82) is 0 Å². The molecule has 1 nitrogen and oxygen atoms in total. The zero-order valence-electron chi connectivity index (χ0n) is 11.9. The Morgan fingerprint density at radius 1 is 1.05 bits per heavy atom. The molecule has 0 spiro atoms. The topological polar surface area (TPSA) is 12.0 Å². The monoisotopic (exact) mass is 275 g/mol. The summed E-state index contributed by atoms with van der Waals surface area (Å²) >= 11 is 2.06. The summed E-state index contributed by atoms with van der Waals surface area (Å²) < 4.78 is 0. The minimum absolute atomic E-state index is 0.709. The van der Waals surface area contributed by atoms with Crippen LogP contribution in [0.3, 0.4) is 0 Å². The van der Waals surface area contributed by atoms with Crippen LogP contribution < -0.4 is 5.32 Å². The first-order chi connectivity index (χ1) is 9.35. The minimum Gasteiger partial charge on any atom is -0.311 e. The molecule has 0 aliphatic heterocycles. The molecule has 0 amide bonds. The quantitative estimate of drug-likeness (QED) is 0.900. The molecule has 2 aliphatic carbocycles. The summed E-state index contributed by atoms with van der Waals surface area (Å²) in [7, 11) is 0. The molecule has 1 N–H and O–H groups in total. The van der Waals surface area contributed by atoms with Crippen LogP contribution in [0, 0.1) is 0 Å². The second kappa shape index (κ2) is 6.32. The van der Waals surface area contributed by atoms with Gasteiger partial charge in [-0.15, -0.1) is 0 Å². The van der Waals surface area contributed by atoms with Crippen molar-refractivity contribution >= 4 is 11.8 Å². The number of aryl methyl sites for hydroxylation is 1. The van der Waals surface area contributed by atoms with Crippen LogP contribution in [-0.4, -0.2) is 23.6 Å². The van der Waals surface area contributed by atoms with E-state index in [4.69, 9.17) is 0 Å². The summed E-state index contributed by atoms with van der Waals surface area (Å²) in [5, 5.41) is 4.84. The second-order valence-corrected chi connectivity index (χ2v) is 7.23. The van der Waals surface area contributed by atoms with E-state index in [-0.39, 0.29) is 0 Å². The average molecular weight is 275 g/mol. The van der Waals surface area contributed by atoms with Crippen molar-refractivity contribution < 1.29 is 0 Å². The molecule has 2 heteroatoms. The van der Waals surface area contributed by atoms with Crippen LogP contribution in [0.5, 0.6) is 0 Å². The zero-order valence-corrected chi connectivity index (χ0v) is 12.7. The van der Waals surface area contributed by atoms with Gasteiger partial charge in [0.1, 0.15) is 0 Å². The van der Waals surface area contributed by atoms with Gasteiger partial charge in [0.2, 0.25) is 0 Å². The first-order valence-electron chi connectivity index (χ1n) is 7.71. The molecule has 1 fully saturated rings. The third kappa shape index (κ3) is 3.35. The zero-order chi connectivity index (χ0) is 13.1. The Bertz CT molecular complexity index is 417. The van der Waals surface area contributed by atoms with Crippen molar-refractivity contribution in [3.63, 3.8) is 0 Å². The first kappa shape index (κ1) is 13.5. The predicted molar refractivity (Wildman–Crippen MR) is 84.9 cm³/mol. The predicted octanol–water partition coefficient (Wildman–Crippen LogP) is 3.81. The molecule has 2 aliphatic rings. The van der Waals surface area contributed by atoms with Crippen LogP contribution in [0.1, 0.15) is 43.2 Å². The standard InChI is InChI=1S/C17H25NS/c1-19-17-8-4-7-15(12-17)18-16-10-9-13-5-2-3-6-14(13)11-16/h2-3,5-6,15-18H,4,7-12H2,1H3. The first-order valence-corrected chi connectivity index (χ1v) is 8.99. The molecule has 1 saturated carbocycles. The highest BCUT2D eigenvalue weighted by molar-refractivity contribution is 7.99. The third-order valence-electron chi connectivity index (χ3n) is 4.78. The van der Waals surface area contributed by atoms with Gasteiger partial charge in [0.15, 0.2) is 0 Å². The fourth-order valence-electron chi connectivity index (χ4n) is 3.68. The van der Waals surface area contributed by atoms with E-state index >= 15 is 0 Å². The highest BCUT2D eigenvalue weighted by Crippen LogP contribution is 2.28. The Labute approximate surface area is 121 Å². The smallest absolute Gasteiger partial charge is 0.0113 e. The lowest BCUT2D eigenvalue weighted by Crippen LogP contribution is -2.44. The van der Waals surface area contributed by atoms with Gasteiger partial charge >= 0.3 is 0 Å². The van der Waals surface area contributed by atoms with Crippen molar-refractivity contribution in [2.75, 3.05) is 6.26 Å². The lowest BCUT2D eigenvalue weighted by atomic mass is 9.86. The van der Waals surface area contributed by atoms with Crippen LogP contribution in [-0.2, 0) is 12.8 Å². The summed E-state index contributed by atoms with van der Waals surface area (Å²) in [5.41, 5.74) is 3.15. The maximum Gasteiger partial charge on any atom is 0.0113 e. The van der Waals surface area contributed by atoms with Crippen molar-refractivity contribution in [2.45, 2.75) is 62.3 Å². The molecule has 3 rings (SSSR count). The van der Waals surface area contributed by atoms with E-state index in [9.17, 15) is 0 Å². The Morgan fingerprint density at radius 3 is 2.74 bits per heavy atom. The van der Waals surface area contributed by atoms with Gasteiger partial charge in [-0.05, 0) is 55.9 Å². The molecule has 19 heavy (non-hydrogen) atoms. The van der Waals surface area contributed by atoms with Gasteiger partial charge in [-0.3, -0.25) is 0 Å². The Balaban J connectivity index is 1.57. The number of hydrogen-bond acceptors (Lipinski definition) is 2. The number of rotatable bonds is 3. The molecular formula is C17H25NS. The molecule has 3 atom stereocenters. The van der Waals surface area contributed by atoms with Crippen LogP contribution in [0.4, 0.5) is 0 Å². The van der Waals surface area contributed by atoms with Crippen molar-refractivity contribution in [2.24, 2.45) is 0 Å². The van der Waals surface area contributed by atoms with Crippen LogP contribution in [0.15, 0.2) is 24.3 Å². The highest BCUT2D eigenvalue weighted by Gasteiger charge is 2.25. The molecule has 0 bridgehead atoms. The van der Waals surface area contributed by atoms with Gasteiger partial charge < -0.3 is 5.32 Å². The minimum atomic E-state index is 0.709. The average Bonchev–Trinajstić information content (AvgIpc) is 2.47. The Kier molecular flexibility index (Phi) is 4.49. The van der Waals surface area contributed by atoms with Crippen LogP contribution >= 0.6 is 11.8 Å². The highest BCUT2D eigenvalue weighted by atomic mass is 32.2. The Hall–Kier alpha value is -0.470. The molecular weight excluding hydrogens is 250 g/mol. The summed E-state index contributed by atoms with van der Waals surface area (Å²) in [4.78, 5) is 0. The summed E-state index contributed by atoms with van der Waals surface area (Å²) in [6.45, 7) is 0. The summed E-state index contributed by atoms with van der Waals surface area (Å²) in [6, 6.07) is 10.5. The summed E-state index contributed by atoms with van der Waals surface area (Å²) in [6.07, 6.45) is 11.7. The maximum atomic E-state index is 3.95. The van der Waals surface area contributed by atoms with Gasteiger partial charge in [0, 0.05) is 17.3 Å². The lowest BCUT2D eigenvalue weighted by molar-refractivity contribution is 0.325. The van der Waals surface area contributed by atoms with Gasteiger partial charge in [-0.2, -0.15) is 11.8 Å². The van der Waals surface area contributed by atoms with E-state index < -0.39 is 0 Å². The number of thioether (sulfide) groups is 1. The van der Waals surface area contributed by atoms with E-state index in [1.165, 1.54) is 44.9 Å². The van der Waals surface area contributed by atoms with Gasteiger partial charge in [-0.1, -0.05) is 30.7 Å². The molecule has 104 valence electrons. The largest absolute Gasteiger partial charge is 0.311 e. The second-order valence-electron chi connectivity index (χ2n) is 6.10. The van der Waals surface area contributed by atoms with Gasteiger partial charge in [0.05, 0.1) is 0 Å². The van der Waals surface area contributed by atoms with E-state index in [1.54, 1.807) is 11.1 Å². The molecule has 1 aromatic carbocycles. The fraction of sp³-hybridized carbons (Fsp3) is 0.647. The van der Waals surface area contributed by atoms with E-state index in [0.717, 1.165) is 11.3 Å².